The molecule has 100 valence electrons. The summed E-state index contributed by atoms with van der Waals surface area (Å²) in [7, 11) is 0. The van der Waals surface area contributed by atoms with Crippen molar-refractivity contribution in [2.75, 3.05) is 24.6 Å². The molecule has 1 aliphatic heterocycles. The summed E-state index contributed by atoms with van der Waals surface area (Å²) < 4.78 is 1.07. The molecular formula is C11H16ClN3O3. The Morgan fingerprint density at radius 1 is 1.44 bits per heavy atom. The predicted octanol–water partition coefficient (Wildman–Crippen LogP) is -0.150. The summed E-state index contributed by atoms with van der Waals surface area (Å²) in [6, 6.07) is 0. The average Bonchev–Trinajstić information content (AvgIpc) is 2.88. The molecule has 1 atom stereocenters. The molecule has 0 aliphatic carbocycles. The molecule has 0 amide bonds. The SMILES string of the molecule is O=c1c(Cl)c(N2CCCC2)cnn1CC(O)CO. The largest absolute Gasteiger partial charge is 0.394 e. The van der Waals surface area contributed by atoms with Crippen molar-refractivity contribution in [3.8, 4) is 0 Å². The molecule has 0 saturated carbocycles. The van der Waals surface area contributed by atoms with E-state index in [-0.39, 0.29) is 11.6 Å². The van der Waals surface area contributed by atoms with Crippen molar-refractivity contribution in [2.24, 2.45) is 0 Å². The third-order valence-electron chi connectivity index (χ3n) is 3.01. The lowest BCUT2D eigenvalue weighted by atomic mass is 10.3. The van der Waals surface area contributed by atoms with Gasteiger partial charge in [0.05, 0.1) is 31.1 Å². The Kier molecular flexibility index (Phi) is 4.21. The topological polar surface area (TPSA) is 78.6 Å². The molecule has 1 aromatic heterocycles. The number of nitrogens with zero attached hydrogens (tertiary/aromatic N) is 3. The summed E-state index contributed by atoms with van der Waals surface area (Å²) in [4.78, 5) is 14.0. The summed E-state index contributed by atoms with van der Waals surface area (Å²) in [5, 5.41) is 22.2. The van der Waals surface area contributed by atoms with Gasteiger partial charge < -0.3 is 15.1 Å². The number of hydrogen-bond donors (Lipinski definition) is 2. The molecule has 1 fully saturated rings. The third kappa shape index (κ3) is 2.66. The summed E-state index contributed by atoms with van der Waals surface area (Å²) in [5.41, 5.74) is 0.211. The van der Waals surface area contributed by atoms with Crippen LogP contribution in [0.5, 0.6) is 0 Å². The summed E-state index contributed by atoms with van der Waals surface area (Å²) in [5.74, 6) is 0. The van der Waals surface area contributed by atoms with Crippen molar-refractivity contribution in [1.29, 1.82) is 0 Å². The highest BCUT2D eigenvalue weighted by Crippen LogP contribution is 2.24. The van der Waals surface area contributed by atoms with Crippen molar-refractivity contribution in [2.45, 2.75) is 25.5 Å². The Hall–Kier alpha value is -1.11. The number of anilines is 1. The highest BCUT2D eigenvalue weighted by Gasteiger charge is 2.19. The zero-order valence-electron chi connectivity index (χ0n) is 9.92. The molecule has 0 aromatic carbocycles. The van der Waals surface area contributed by atoms with Crippen LogP contribution in [0.4, 0.5) is 5.69 Å². The minimum Gasteiger partial charge on any atom is -0.394 e. The van der Waals surface area contributed by atoms with E-state index >= 15 is 0 Å². The van der Waals surface area contributed by atoms with Crippen LogP contribution in [0.1, 0.15) is 12.8 Å². The van der Waals surface area contributed by atoms with Gasteiger partial charge in [0.1, 0.15) is 5.02 Å². The predicted molar refractivity (Wildman–Crippen MR) is 68.0 cm³/mol. The van der Waals surface area contributed by atoms with Gasteiger partial charge in [0.15, 0.2) is 0 Å². The van der Waals surface area contributed by atoms with Gasteiger partial charge in [0.25, 0.3) is 5.56 Å². The fourth-order valence-corrected chi connectivity index (χ4v) is 2.29. The molecule has 1 aliphatic rings. The second-order valence-electron chi connectivity index (χ2n) is 4.36. The second-order valence-corrected chi connectivity index (χ2v) is 4.74. The molecule has 6 nitrogen and oxygen atoms in total. The minimum absolute atomic E-state index is 0.0602. The van der Waals surface area contributed by atoms with E-state index in [0.717, 1.165) is 30.6 Å². The van der Waals surface area contributed by atoms with Gasteiger partial charge in [-0.15, -0.1) is 0 Å². The molecule has 2 rings (SSSR count). The van der Waals surface area contributed by atoms with Gasteiger partial charge in [-0.3, -0.25) is 4.79 Å². The number of hydrogen-bond acceptors (Lipinski definition) is 5. The van der Waals surface area contributed by atoms with E-state index in [9.17, 15) is 9.90 Å². The van der Waals surface area contributed by atoms with Gasteiger partial charge >= 0.3 is 0 Å². The smallest absolute Gasteiger partial charge is 0.287 e. The lowest BCUT2D eigenvalue weighted by Gasteiger charge is -2.19. The summed E-state index contributed by atoms with van der Waals surface area (Å²) in [6.07, 6.45) is 2.70. The Bertz CT molecular complexity index is 471. The lowest BCUT2D eigenvalue weighted by Crippen LogP contribution is -2.32. The fourth-order valence-electron chi connectivity index (χ4n) is 2.02. The van der Waals surface area contributed by atoms with Crippen LogP contribution in [-0.2, 0) is 6.54 Å². The molecular weight excluding hydrogens is 258 g/mol. The van der Waals surface area contributed by atoms with Gasteiger partial charge in [-0.2, -0.15) is 5.10 Å². The molecule has 1 unspecified atom stereocenters. The highest BCUT2D eigenvalue weighted by atomic mass is 35.5. The fraction of sp³-hybridized carbons (Fsp3) is 0.636. The first-order chi connectivity index (χ1) is 8.63. The number of rotatable bonds is 4. The van der Waals surface area contributed by atoms with Crippen molar-refractivity contribution in [3.05, 3.63) is 21.6 Å². The van der Waals surface area contributed by atoms with Crippen LogP contribution in [0.2, 0.25) is 5.02 Å². The van der Waals surface area contributed by atoms with Crippen molar-refractivity contribution in [1.82, 2.24) is 9.78 Å². The van der Waals surface area contributed by atoms with Crippen LogP contribution in [0.3, 0.4) is 0 Å². The molecule has 0 bridgehead atoms. The van der Waals surface area contributed by atoms with Gasteiger partial charge in [-0.1, -0.05) is 11.6 Å². The Labute approximate surface area is 109 Å². The van der Waals surface area contributed by atoms with Crippen molar-refractivity contribution < 1.29 is 10.2 Å². The quantitative estimate of drug-likeness (QED) is 0.798. The Morgan fingerprint density at radius 2 is 2.11 bits per heavy atom. The second kappa shape index (κ2) is 5.69. The first kappa shape index (κ1) is 13.3. The number of aliphatic hydroxyl groups excluding tert-OH is 2. The molecule has 0 spiro atoms. The Balaban J connectivity index is 2.26. The first-order valence-electron chi connectivity index (χ1n) is 5.93. The van der Waals surface area contributed by atoms with E-state index in [1.54, 1.807) is 6.20 Å². The maximum Gasteiger partial charge on any atom is 0.287 e. The van der Waals surface area contributed by atoms with Gasteiger partial charge in [0, 0.05) is 13.1 Å². The van der Waals surface area contributed by atoms with Crippen LogP contribution in [0.15, 0.2) is 11.0 Å². The van der Waals surface area contributed by atoms with E-state index in [0.29, 0.717) is 5.69 Å². The zero-order valence-corrected chi connectivity index (χ0v) is 10.7. The molecule has 2 N–H and O–H groups in total. The average molecular weight is 274 g/mol. The van der Waals surface area contributed by atoms with Crippen LogP contribution in [0.25, 0.3) is 0 Å². The van der Waals surface area contributed by atoms with Crippen molar-refractivity contribution in [3.63, 3.8) is 0 Å². The standard InChI is InChI=1S/C11H16ClN3O3/c12-10-9(14-3-1-2-4-14)5-13-15(11(10)18)6-8(17)7-16/h5,8,16-17H,1-4,6-7H2. The maximum absolute atomic E-state index is 11.9. The van der Waals surface area contributed by atoms with E-state index in [1.807, 2.05) is 4.90 Å². The van der Waals surface area contributed by atoms with Gasteiger partial charge in [-0.25, -0.2) is 4.68 Å². The summed E-state index contributed by atoms with van der Waals surface area (Å²) >= 11 is 6.05. The number of halogens is 1. The molecule has 18 heavy (non-hydrogen) atoms. The van der Waals surface area contributed by atoms with Crippen molar-refractivity contribution >= 4 is 17.3 Å². The van der Waals surface area contributed by atoms with Crippen LogP contribution in [0, 0.1) is 0 Å². The van der Waals surface area contributed by atoms with E-state index in [4.69, 9.17) is 16.7 Å². The first-order valence-corrected chi connectivity index (χ1v) is 6.30. The van der Waals surface area contributed by atoms with Crippen LogP contribution >= 0.6 is 11.6 Å². The third-order valence-corrected chi connectivity index (χ3v) is 3.36. The summed E-state index contributed by atoms with van der Waals surface area (Å²) in [6.45, 7) is 1.28. The molecule has 1 aromatic rings. The van der Waals surface area contributed by atoms with Gasteiger partial charge in [-0.05, 0) is 12.8 Å². The number of aliphatic hydroxyl groups is 2. The molecule has 1 saturated heterocycles. The Morgan fingerprint density at radius 3 is 2.72 bits per heavy atom. The minimum atomic E-state index is -1.01. The monoisotopic (exact) mass is 273 g/mol. The number of aromatic nitrogens is 2. The normalized spacial score (nSPS) is 17.2. The lowest BCUT2D eigenvalue weighted by molar-refractivity contribution is 0.0770. The van der Waals surface area contributed by atoms with E-state index < -0.39 is 18.3 Å². The van der Waals surface area contributed by atoms with E-state index in [2.05, 4.69) is 5.10 Å². The van der Waals surface area contributed by atoms with Gasteiger partial charge in [0.2, 0.25) is 0 Å². The molecule has 2 heterocycles. The van der Waals surface area contributed by atoms with E-state index in [1.165, 1.54) is 0 Å². The van der Waals surface area contributed by atoms with Crippen LogP contribution < -0.4 is 10.5 Å². The highest BCUT2D eigenvalue weighted by molar-refractivity contribution is 6.33. The molecule has 7 heteroatoms. The molecule has 0 radical (unpaired) electrons. The van der Waals surface area contributed by atoms with Crippen LogP contribution in [-0.4, -0.2) is 45.8 Å². The zero-order chi connectivity index (χ0) is 13.1. The maximum atomic E-state index is 11.9.